The summed E-state index contributed by atoms with van der Waals surface area (Å²) in [7, 11) is 0. The van der Waals surface area contributed by atoms with Crippen LogP contribution in [0.15, 0.2) is 0 Å². The van der Waals surface area contributed by atoms with E-state index in [9.17, 15) is 15.3 Å². The Morgan fingerprint density at radius 1 is 1.08 bits per heavy atom. The molecule has 5 heteroatoms. The van der Waals surface area contributed by atoms with Gasteiger partial charge in [0, 0.05) is 18.6 Å². The molecule has 0 aromatic carbocycles. The lowest BCUT2D eigenvalue weighted by Crippen LogP contribution is -2.57. The maximum atomic E-state index is 9.30. The Kier molecular flexibility index (Phi) is 3.03. The zero-order valence-electron chi connectivity index (χ0n) is 6.67. The van der Waals surface area contributed by atoms with Crippen molar-refractivity contribution < 1.29 is 20.4 Å². The molecule has 0 heterocycles. The van der Waals surface area contributed by atoms with Crippen LogP contribution in [0.4, 0.5) is 0 Å². The van der Waals surface area contributed by atoms with Gasteiger partial charge in [0.2, 0.25) is 0 Å². The number of hydrogen-bond donors (Lipinski definition) is 5. The third-order valence-electron chi connectivity index (χ3n) is 2.43. The van der Waals surface area contributed by atoms with E-state index in [0.717, 1.165) is 0 Å². The monoisotopic (exact) mass is 177 g/mol. The molecule has 0 amide bonds. The largest absolute Gasteiger partial charge is 0.396 e. The SMILES string of the molecule is N[C@H]1C[C@H](CO)[C@@H](O)[C@@H](O)[C@H]1O. The van der Waals surface area contributed by atoms with Crippen molar-refractivity contribution in [2.24, 2.45) is 11.7 Å². The second-order valence-electron chi connectivity index (χ2n) is 3.31. The summed E-state index contributed by atoms with van der Waals surface area (Å²) in [4.78, 5) is 0. The molecule has 12 heavy (non-hydrogen) atoms. The van der Waals surface area contributed by atoms with Crippen LogP contribution in [0.1, 0.15) is 6.42 Å². The van der Waals surface area contributed by atoms with Gasteiger partial charge in [0.05, 0.1) is 12.2 Å². The summed E-state index contributed by atoms with van der Waals surface area (Å²) < 4.78 is 0. The minimum Gasteiger partial charge on any atom is -0.396 e. The fraction of sp³-hybridized carbons (Fsp3) is 1.00. The van der Waals surface area contributed by atoms with Crippen LogP contribution < -0.4 is 5.73 Å². The highest BCUT2D eigenvalue weighted by Gasteiger charge is 2.40. The van der Waals surface area contributed by atoms with Crippen molar-refractivity contribution in [3.05, 3.63) is 0 Å². The van der Waals surface area contributed by atoms with Crippen LogP contribution in [0.2, 0.25) is 0 Å². The van der Waals surface area contributed by atoms with Crippen LogP contribution in [0.5, 0.6) is 0 Å². The second-order valence-corrected chi connectivity index (χ2v) is 3.31. The molecule has 1 fully saturated rings. The molecule has 72 valence electrons. The zero-order valence-corrected chi connectivity index (χ0v) is 6.67. The normalized spacial score (nSPS) is 49.2. The first-order valence-electron chi connectivity index (χ1n) is 3.98. The molecule has 5 atom stereocenters. The van der Waals surface area contributed by atoms with Crippen molar-refractivity contribution in [3.8, 4) is 0 Å². The molecule has 1 aliphatic rings. The van der Waals surface area contributed by atoms with Gasteiger partial charge in [0.15, 0.2) is 0 Å². The molecule has 0 bridgehead atoms. The van der Waals surface area contributed by atoms with E-state index in [4.69, 9.17) is 10.8 Å². The Labute approximate surface area is 70.4 Å². The molecule has 6 N–H and O–H groups in total. The fourth-order valence-corrected chi connectivity index (χ4v) is 1.55. The standard InChI is InChI=1S/C7H15NO4/c8-4-1-3(2-9)5(10)7(12)6(4)11/h3-7,9-12H,1-2,8H2/t3-,4+,5-,6+,7-/m1/s1. The summed E-state index contributed by atoms with van der Waals surface area (Å²) in [6.07, 6.45) is -3.09. The van der Waals surface area contributed by atoms with E-state index in [2.05, 4.69) is 0 Å². The molecule has 0 aliphatic heterocycles. The number of rotatable bonds is 1. The topological polar surface area (TPSA) is 107 Å². The summed E-state index contributed by atoms with van der Waals surface area (Å²) in [5, 5.41) is 36.5. The van der Waals surface area contributed by atoms with Gasteiger partial charge in [-0.05, 0) is 6.42 Å². The first-order valence-corrected chi connectivity index (χ1v) is 3.98. The van der Waals surface area contributed by atoms with Gasteiger partial charge in [-0.25, -0.2) is 0 Å². The van der Waals surface area contributed by atoms with Crippen LogP contribution in [0.25, 0.3) is 0 Å². The lowest BCUT2D eigenvalue weighted by atomic mass is 9.80. The molecule has 0 spiro atoms. The Morgan fingerprint density at radius 3 is 2.17 bits per heavy atom. The molecule has 0 aromatic heterocycles. The maximum absolute atomic E-state index is 9.30. The Morgan fingerprint density at radius 2 is 1.67 bits per heavy atom. The van der Waals surface area contributed by atoms with Gasteiger partial charge in [-0.1, -0.05) is 0 Å². The maximum Gasteiger partial charge on any atom is 0.108 e. The third kappa shape index (κ3) is 1.60. The molecular formula is C7H15NO4. The molecule has 1 aliphatic carbocycles. The van der Waals surface area contributed by atoms with Crippen molar-refractivity contribution in [2.45, 2.75) is 30.8 Å². The van der Waals surface area contributed by atoms with Crippen LogP contribution in [-0.2, 0) is 0 Å². The van der Waals surface area contributed by atoms with Crippen molar-refractivity contribution >= 4 is 0 Å². The molecular weight excluding hydrogens is 162 g/mol. The van der Waals surface area contributed by atoms with Crippen molar-refractivity contribution in [3.63, 3.8) is 0 Å². The molecule has 0 aromatic rings. The van der Waals surface area contributed by atoms with Crippen LogP contribution in [0.3, 0.4) is 0 Å². The summed E-state index contributed by atoms with van der Waals surface area (Å²) in [5.74, 6) is -0.432. The first-order chi connectivity index (χ1) is 5.57. The fourth-order valence-electron chi connectivity index (χ4n) is 1.55. The lowest BCUT2D eigenvalue weighted by Gasteiger charge is -2.38. The molecule has 0 radical (unpaired) electrons. The predicted molar refractivity (Wildman–Crippen MR) is 41.2 cm³/mol. The number of aliphatic hydroxyl groups is 4. The summed E-state index contributed by atoms with van der Waals surface area (Å²) in [5.41, 5.74) is 5.46. The Hall–Kier alpha value is -0.200. The van der Waals surface area contributed by atoms with E-state index in [0.29, 0.717) is 6.42 Å². The highest BCUT2D eigenvalue weighted by molar-refractivity contribution is 4.94. The minimum atomic E-state index is -1.24. The van der Waals surface area contributed by atoms with Crippen LogP contribution in [-0.4, -0.2) is 51.4 Å². The average molecular weight is 177 g/mol. The van der Waals surface area contributed by atoms with E-state index in [1.165, 1.54) is 0 Å². The Bertz CT molecular complexity index is 150. The van der Waals surface area contributed by atoms with Gasteiger partial charge in [0.25, 0.3) is 0 Å². The van der Waals surface area contributed by atoms with Gasteiger partial charge in [0.1, 0.15) is 6.10 Å². The molecule has 0 saturated heterocycles. The predicted octanol–water partition coefficient (Wildman–Crippen LogP) is -2.59. The summed E-state index contributed by atoms with van der Waals surface area (Å²) >= 11 is 0. The van der Waals surface area contributed by atoms with E-state index >= 15 is 0 Å². The van der Waals surface area contributed by atoms with Crippen LogP contribution in [0, 0.1) is 5.92 Å². The minimum absolute atomic E-state index is 0.224. The number of hydrogen-bond acceptors (Lipinski definition) is 5. The summed E-state index contributed by atoms with van der Waals surface area (Å²) in [6, 6.07) is -0.569. The van der Waals surface area contributed by atoms with E-state index in [-0.39, 0.29) is 6.61 Å². The number of aliphatic hydroxyl groups excluding tert-OH is 4. The van der Waals surface area contributed by atoms with Crippen LogP contribution >= 0.6 is 0 Å². The lowest BCUT2D eigenvalue weighted by molar-refractivity contribution is -0.125. The van der Waals surface area contributed by atoms with Crippen molar-refractivity contribution in [2.75, 3.05) is 6.61 Å². The van der Waals surface area contributed by atoms with E-state index < -0.39 is 30.3 Å². The molecule has 1 saturated carbocycles. The van der Waals surface area contributed by atoms with Gasteiger partial charge >= 0.3 is 0 Å². The Balaban J connectivity index is 2.63. The summed E-state index contributed by atoms with van der Waals surface area (Å²) in [6.45, 7) is -0.224. The molecule has 0 unspecified atom stereocenters. The second kappa shape index (κ2) is 3.68. The van der Waals surface area contributed by atoms with Gasteiger partial charge in [-0.15, -0.1) is 0 Å². The number of nitrogens with two attached hydrogens (primary N) is 1. The highest BCUT2D eigenvalue weighted by atomic mass is 16.4. The smallest absolute Gasteiger partial charge is 0.108 e. The highest BCUT2D eigenvalue weighted by Crippen LogP contribution is 2.24. The third-order valence-corrected chi connectivity index (χ3v) is 2.43. The van der Waals surface area contributed by atoms with Gasteiger partial charge in [-0.3, -0.25) is 0 Å². The quantitative estimate of drug-likeness (QED) is 0.302. The zero-order chi connectivity index (χ0) is 9.30. The average Bonchev–Trinajstić information content (AvgIpc) is 2.08. The molecule has 5 nitrogen and oxygen atoms in total. The van der Waals surface area contributed by atoms with Gasteiger partial charge < -0.3 is 26.2 Å². The van der Waals surface area contributed by atoms with E-state index in [1.807, 2.05) is 0 Å². The van der Waals surface area contributed by atoms with Crippen molar-refractivity contribution in [1.82, 2.24) is 0 Å². The van der Waals surface area contributed by atoms with E-state index in [1.54, 1.807) is 0 Å². The molecule has 1 rings (SSSR count). The van der Waals surface area contributed by atoms with Crippen molar-refractivity contribution in [1.29, 1.82) is 0 Å². The van der Waals surface area contributed by atoms with Gasteiger partial charge in [-0.2, -0.15) is 0 Å². The first kappa shape index (κ1) is 9.88.